The molecule has 7 nitrogen and oxygen atoms in total. The van der Waals surface area contributed by atoms with Crippen LogP contribution in [0.3, 0.4) is 0 Å². The Morgan fingerprint density at radius 3 is 2.43 bits per heavy atom. The molecule has 0 bridgehead atoms. The summed E-state index contributed by atoms with van der Waals surface area (Å²) in [5.74, 6) is 0.0326. The lowest BCUT2D eigenvalue weighted by Crippen LogP contribution is -2.09. The van der Waals surface area contributed by atoms with Crippen molar-refractivity contribution in [2.24, 2.45) is 10.2 Å². The lowest BCUT2D eigenvalue weighted by molar-refractivity contribution is 0.318. The molecule has 0 saturated heterocycles. The molecular formula is C15H17N3O4S. The largest absolute Gasteiger partial charge is 0.491 e. The summed E-state index contributed by atoms with van der Waals surface area (Å²) < 4.78 is 35.3. The van der Waals surface area contributed by atoms with Gasteiger partial charge < -0.3 is 10.5 Å². The highest BCUT2D eigenvalue weighted by atomic mass is 32.2. The summed E-state index contributed by atoms with van der Waals surface area (Å²) in [5, 5.41) is 8.19. The van der Waals surface area contributed by atoms with Gasteiger partial charge in [0.25, 0.3) is 10.1 Å². The zero-order chi connectivity index (χ0) is 16.7. The quantitative estimate of drug-likeness (QED) is 0.348. The van der Waals surface area contributed by atoms with Crippen molar-refractivity contribution in [3.63, 3.8) is 0 Å². The molecule has 8 heteroatoms. The maximum Gasteiger partial charge on any atom is 0.264 e. The van der Waals surface area contributed by atoms with Gasteiger partial charge in [-0.2, -0.15) is 18.6 Å². The number of rotatable bonds is 7. The molecule has 0 atom stereocenters. The van der Waals surface area contributed by atoms with E-state index in [4.69, 9.17) is 15.0 Å². The van der Waals surface area contributed by atoms with Gasteiger partial charge in [-0.3, -0.25) is 4.55 Å². The topological polar surface area (TPSA) is 114 Å². The van der Waals surface area contributed by atoms with E-state index in [2.05, 4.69) is 10.2 Å². The van der Waals surface area contributed by atoms with Gasteiger partial charge in [-0.05, 0) is 30.7 Å². The van der Waals surface area contributed by atoms with Crippen LogP contribution in [-0.2, 0) is 10.1 Å². The first kappa shape index (κ1) is 16.9. The second-order valence-corrected chi connectivity index (χ2v) is 6.32. The molecule has 0 fully saturated rings. The van der Waals surface area contributed by atoms with Crippen LogP contribution in [0.2, 0.25) is 0 Å². The van der Waals surface area contributed by atoms with E-state index in [0.717, 1.165) is 5.69 Å². The van der Waals surface area contributed by atoms with Crippen LogP contribution in [-0.4, -0.2) is 25.3 Å². The van der Waals surface area contributed by atoms with Crippen LogP contribution in [0.4, 0.5) is 17.1 Å². The number of nitrogens with zero attached hydrogens (tertiary/aromatic N) is 2. The predicted octanol–water partition coefficient (Wildman–Crippen LogP) is 3.34. The summed E-state index contributed by atoms with van der Waals surface area (Å²) in [7, 11) is -3.98. The molecule has 0 spiro atoms. The van der Waals surface area contributed by atoms with Crippen LogP contribution in [0.15, 0.2) is 58.8 Å². The van der Waals surface area contributed by atoms with Crippen LogP contribution in [0, 0.1) is 0 Å². The van der Waals surface area contributed by atoms with E-state index in [0.29, 0.717) is 17.1 Å². The number of azo groups is 1. The van der Waals surface area contributed by atoms with E-state index in [9.17, 15) is 8.42 Å². The third-order valence-corrected chi connectivity index (χ3v) is 3.64. The van der Waals surface area contributed by atoms with Crippen molar-refractivity contribution in [2.75, 3.05) is 18.1 Å². The first-order valence-corrected chi connectivity index (χ1v) is 8.49. The molecule has 2 aromatic carbocycles. The minimum Gasteiger partial charge on any atom is -0.491 e. The van der Waals surface area contributed by atoms with Gasteiger partial charge in [0.1, 0.15) is 5.75 Å². The third-order valence-electron chi connectivity index (χ3n) is 2.84. The molecule has 0 unspecified atom stereocenters. The van der Waals surface area contributed by atoms with Gasteiger partial charge in [-0.25, -0.2) is 0 Å². The summed E-state index contributed by atoms with van der Waals surface area (Å²) in [4.78, 5) is 0. The maximum atomic E-state index is 10.6. The molecule has 0 amide bonds. The zero-order valence-electron chi connectivity index (χ0n) is 12.3. The number of ether oxygens (including phenoxy) is 1. The third kappa shape index (κ3) is 6.05. The van der Waals surface area contributed by atoms with Crippen molar-refractivity contribution in [1.82, 2.24) is 0 Å². The summed E-state index contributed by atoms with van der Waals surface area (Å²) in [6, 6.07) is 14.2. The molecule has 23 heavy (non-hydrogen) atoms. The Bertz CT molecular complexity index is 777. The van der Waals surface area contributed by atoms with Gasteiger partial charge in [0.15, 0.2) is 0 Å². The number of nitrogens with two attached hydrogens (primary N) is 1. The van der Waals surface area contributed by atoms with Crippen LogP contribution in [0.25, 0.3) is 0 Å². The van der Waals surface area contributed by atoms with E-state index >= 15 is 0 Å². The first-order chi connectivity index (χ1) is 10.9. The monoisotopic (exact) mass is 335 g/mol. The van der Waals surface area contributed by atoms with E-state index < -0.39 is 10.1 Å². The number of anilines is 1. The first-order valence-electron chi connectivity index (χ1n) is 6.88. The van der Waals surface area contributed by atoms with Gasteiger partial charge in [0.2, 0.25) is 0 Å². The predicted molar refractivity (Wildman–Crippen MR) is 88.0 cm³/mol. The molecule has 0 radical (unpaired) electrons. The van der Waals surface area contributed by atoms with Gasteiger partial charge in [0.05, 0.1) is 29.4 Å². The Morgan fingerprint density at radius 1 is 1.04 bits per heavy atom. The average molecular weight is 335 g/mol. The van der Waals surface area contributed by atoms with Crippen LogP contribution in [0.5, 0.6) is 5.75 Å². The fourth-order valence-electron chi connectivity index (χ4n) is 1.74. The summed E-state index contributed by atoms with van der Waals surface area (Å²) in [5.41, 5.74) is 7.50. The van der Waals surface area contributed by atoms with Gasteiger partial charge in [-0.15, -0.1) is 0 Å². The van der Waals surface area contributed by atoms with Crippen molar-refractivity contribution in [1.29, 1.82) is 0 Å². The molecule has 0 heterocycles. The van der Waals surface area contributed by atoms with Crippen molar-refractivity contribution >= 4 is 27.2 Å². The van der Waals surface area contributed by atoms with Gasteiger partial charge >= 0.3 is 0 Å². The van der Waals surface area contributed by atoms with Crippen LogP contribution in [0.1, 0.15) is 6.42 Å². The SMILES string of the molecule is Nc1ccc(N=Nc2ccccc2)cc1OCCCS(=O)(=O)O. The Balaban J connectivity index is 2.00. The molecule has 0 aliphatic rings. The van der Waals surface area contributed by atoms with E-state index in [1.54, 1.807) is 18.2 Å². The second-order valence-electron chi connectivity index (χ2n) is 4.75. The minimum atomic E-state index is -3.98. The molecule has 0 aromatic heterocycles. The molecule has 0 aliphatic carbocycles. The normalized spacial score (nSPS) is 11.7. The number of benzene rings is 2. The standard InChI is InChI=1S/C15H17N3O4S/c16-14-8-7-13(18-17-12-5-2-1-3-6-12)11-15(14)22-9-4-10-23(19,20)21/h1-3,5-8,11H,4,9-10,16H2,(H,19,20,21). The van der Waals surface area contributed by atoms with Crippen molar-refractivity contribution in [3.8, 4) is 5.75 Å². The number of nitrogen functional groups attached to an aromatic ring is 1. The lowest BCUT2D eigenvalue weighted by Gasteiger charge is -2.08. The van der Waals surface area contributed by atoms with Crippen LogP contribution < -0.4 is 10.5 Å². The average Bonchev–Trinajstić information content (AvgIpc) is 2.52. The Kier molecular flexibility index (Phi) is 5.67. The fourth-order valence-corrected chi connectivity index (χ4v) is 2.23. The molecule has 2 aromatic rings. The summed E-state index contributed by atoms with van der Waals surface area (Å²) in [6.45, 7) is 0.114. The zero-order valence-corrected chi connectivity index (χ0v) is 13.1. The fraction of sp³-hybridized carbons (Fsp3) is 0.200. The molecule has 2 rings (SSSR count). The van der Waals surface area contributed by atoms with Gasteiger partial charge in [-0.1, -0.05) is 18.2 Å². The number of hydrogen-bond acceptors (Lipinski definition) is 6. The summed E-state index contributed by atoms with van der Waals surface area (Å²) in [6.07, 6.45) is 0.161. The van der Waals surface area contributed by atoms with Crippen molar-refractivity contribution in [2.45, 2.75) is 6.42 Å². The molecule has 0 saturated carbocycles. The Morgan fingerprint density at radius 2 is 1.74 bits per heavy atom. The second kappa shape index (κ2) is 7.70. The van der Waals surface area contributed by atoms with Gasteiger partial charge in [0, 0.05) is 6.07 Å². The van der Waals surface area contributed by atoms with Crippen LogP contribution >= 0.6 is 0 Å². The summed E-state index contributed by atoms with van der Waals surface area (Å²) >= 11 is 0. The maximum absolute atomic E-state index is 10.6. The van der Waals surface area contributed by atoms with Crippen molar-refractivity contribution in [3.05, 3.63) is 48.5 Å². The molecule has 3 N–H and O–H groups in total. The lowest BCUT2D eigenvalue weighted by atomic mass is 10.2. The van der Waals surface area contributed by atoms with E-state index in [-0.39, 0.29) is 18.8 Å². The Hall–Kier alpha value is -2.45. The molecular weight excluding hydrogens is 318 g/mol. The highest BCUT2D eigenvalue weighted by Gasteiger charge is 2.06. The highest BCUT2D eigenvalue weighted by Crippen LogP contribution is 2.28. The highest BCUT2D eigenvalue weighted by molar-refractivity contribution is 7.85. The smallest absolute Gasteiger partial charge is 0.264 e. The van der Waals surface area contributed by atoms with E-state index in [1.165, 1.54) is 0 Å². The number of hydrogen-bond donors (Lipinski definition) is 2. The van der Waals surface area contributed by atoms with Crippen molar-refractivity contribution < 1.29 is 17.7 Å². The Labute approximate surface area is 134 Å². The van der Waals surface area contributed by atoms with E-state index in [1.807, 2.05) is 30.3 Å². The molecule has 0 aliphatic heterocycles. The minimum absolute atomic E-state index is 0.114. The molecule has 122 valence electrons.